The lowest BCUT2D eigenvalue weighted by Crippen LogP contribution is -2.38. The smallest absolute Gasteiger partial charge is 0.191 e. The number of aliphatic imine (C=N–C) groups is 1. The lowest BCUT2D eigenvalue weighted by Gasteiger charge is -2.17. The Hall–Kier alpha value is -1.02. The third-order valence-corrected chi connectivity index (χ3v) is 3.00. The largest absolute Gasteiger partial charge is 0.491 e. The summed E-state index contributed by atoms with van der Waals surface area (Å²) in [4.78, 5) is 4.21. The van der Waals surface area contributed by atoms with Gasteiger partial charge in [0.1, 0.15) is 5.75 Å². The number of hydrogen-bond donors (Lipinski definition) is 2. The molecule has 0 heterocycles. The molecule has 0 unspecified atom stereocenters. The predicted octanol–water partition coefficient (Wildman–Crippen LogP) is 3.10. The van der Waals surface area contributed by atoms with Crippen molar-refractivity contribution in [3.8, 4) is 5.75 Å². The van der Waals surface area contributed by atoms with Gasteiger partial charge < -0.3 is 20.1 Å². The second kappa shape index (κ2) is 12.4. The molecule has 5 nitrogen and oxygen atoms in total. The first kappa shape index (κ1) is 22.0. The van der Waals surface area contributed by atoms with E-state index in [2.05, 4.69) is 40.7 Å². The van der Waals surface area contributed by atoms with Gasteiger partial charge in [0.05, 0.1) is 12.7 Å². The van der Waals surface area contributed by atoms with Crippen molar-refractivity contribution in [2.45, 2.75) is 40.3 Å². The molecule has 0 amide bonds. The Morgan fingerprint density at radius 3 is 2.61 bits per heavy atom. The van der Waals surface area contributed by atoms with Crippen molar-refractivity contribution in [1.29, 1.82) is 0 Å². The van der Waals surface area contributed by atoms with Crippen LogP contribution in [0.2, 0.25) is 0 Å². The van der Waals surface area contributed by atoms with Gasteiger partial charge in [0.2, 0.25) is 0 Å². The number of rotatable bonds is 8. The normalized spacial score (nSPS) is 11.1. The maximum atomic E-state index is 5.88. The molecule has 132 valence electrons. The van der Waals surface area contributed by atoms with Crippen LogP contribution in [-0.4, -0.2) is 38.9 Å². The van der Waals surface area contributed by atoms with Gasteiger partial charge in [-0.15, -0.1) is 24.0 Å². The first-order valence-corrected chi connectivity index (χ1v) is 7.85. The van der Waals surface area contributed by atoms with Gasteiger partial charge in [0.25, 0.3) is 0 Å². The Morgan fingerprint density at radius 2 is 2.00 bits per heavy atom. The third kappa shape index (κ3) is 9.00. The van der Waals surface area contributed by atoms with E-state index >= 15 is 0 Å². The van der Waals surface area contributed by atoms with E-state index in [0.717, 1.165) is 30.4 Å². The topological polar surface area (TPSA) is 54.9 Å². The molecular formula is C17H30IN3O2. The third-order valence-electron chi connectivity index (χ3n) is 3.00. The fourth-order valence-electron chi connectivity index (χ4n) is 1.96. The van der Waals surface area contributed by atoms with E-state index in [0.29, 0.717) is 13.2 Å². The summed E-state index contributed by atoms with van der Waals surface area (Å²) in [6.45, 7) is 10.9. The zero-order valence-corrected chi connectivity index (χ0v) is 17.1. The van der Waals surface area contributed by atoms with Crippen LogP contribution in [0.25, 0.3) is 0 Å². The van der Waals surface area contributed by atoms with Gasteiger partial charge in [-0.25, -0.2) is 0 Å². The Morgan fingerprint density at radius 1 is 1.26 bits per heavy atom. The van der Waals surface area contributed by atoms with E-state index in [1.165, 1.54) is 5.56 Å². The monoisotopic (exact) mass is 435 g/mol. The molecule has 0 bridgehead atoms. The molecule has 0 saturated carbocycles. The summed E-state index contributed by atoms with van der Waals surface area (Å²) in [6.07, 6.45) is 0.157. The van der Waals surface area contributed by atoms with Gasteiger partial charge >= 0.3 is 0 Å². The van der Waals surface area contributed by atoms with E-state index < -0.39 is 0 Å². The lowest BCUT2D eigenvalue weighted by atomic mass is 10.1. The van der Waals surface area contributed by atoms with E-state index in [1.807, 2.05) is 20.8 Å². The number of hydrogen-bond acceptors (Lipinski definition) is 3. The number of guanidine groups is 1. The number of ether oxygens (including phenoxy) is 2. The highest BCUT2D eigenvalue weighted by atomic mass is 127. The number of nitrogens with one attached hydrogen (secondary N) is 2. The quantitative estimate of drug-likeness (QED) is 0.285. The Kier molecular flexibility index (Phi) is 11.9. The van der Waals surface area contributed by atoms with E-state index in [1.54, 1.807) is 7.05 Å². The van der Waals surface area contributed by atoms with Crippen molar-refractivity contribution < 1.29 is 9.47 Å². The van der Waals surface area contributed by atoms with Gasteiger partial charge in [0, 0.05) is 32.3 Å². The SMILES string of the molecule is CCOCCNC(=NC)NCc1ccc(C)cc1OC(C)C.I. The van der Waals surface area contributed by atoms with Crippen molar-refractivity contribution in [3.05, 3.63) is 29.3 Å². The van der Waals surface area contributed by atoms with E-state index in [9.17, 15) is 0 Å². The molecule has 23 heavy (non-hydrogen) atoms. The van der Waals surface area contributed by atoms with Gasteiger partial charge in [-0.1, -0.05) is 12.1 Å². The number of halogens is 1. The molecule has 1 aromatic carbocycles. The minimum absolute atomic E-state index is 0. The molecule has 6 heteroatoms. The van der Waals surface area contributed by atoms with Crippen LogP contribution in [0.3, 0.4) is 0 Å². The first-order valence-electron chi connectivity index (χ1n) is 7.85. The highest BCUT2D eigenvalue weighted by molar-refractivity contribution is 14.0. The van der Waals surface area contributed by atoms with E-state index in [4.69, 9.17) is 9.47 Å². The molecule has 0 aliphatic carbocycles. The Labute approximate surface area is 157 Å². The van der Waals surface area contributed by atoms with Crippen LogP contribution >= 0.6 is 24.0 Å². The van der Waals surface area contributed by atoms with Crippen LogP contribution in [0.15, 0.2) is 23.2 Å². The van der Waals surface area contributed by atoms with Crippen molar-refractivity contribution in [1.82, 2.24) is 10.6 Å². The molecule has 0 spiro atoms. The highest BCUT2D eigenvalue weighted by Crippen LogP contribution is 2.21. The van der Waals surface area contributed by atoms with Crippen LogP contribution in [0.5, 0.6) is 5.75 Å². The molecule has 0 radical (unpaired) electrons. The van der Waals surface area contributed by atoms with Gasteiger partial charge in [-0.3, -0.25) is 4.99 Å². The van der Waals surface area contributed by atoms with Gasteiger partial charge in [0.15, 0.2) is 5.96 Å². The summed E-state index contributed by atoms with van der Waals surface area (Å²) < 4.78 is 11.2. The zero-order valence-electron chi connectivity index (χ0n) is 14.8. The van der Waals surface area contributed by atoms with Crippen molar-refractivity contribution in [3.63, 3.8) is 0 Å². The molecule has 0 aliphatic heterocycles. The summed E-state index contributed by atoms with van der Waals surface area (Å²) in [5.41, 5.74) is 2.31. The average Bonchev–Trinajstić information content (AvgIpc) is 2.47. The maximum absolute atomic E-state index is 5.88. The average molecular weight is 435 g/mol. The molecule has 2 N–H and O–H groups in total. The van der Waals surface area contributed by atoms with Crippen molar-refractivity contribution in [2.75, 3.05) is 26.8 Å². The van der Waals surface area contributed by atoms with Crippen LogP contribution < -0.4 is 15.4 Å². The predicted molar refractivity (Wildman–Crippen MR) is 107 cm³/mol. The summed E-state index contributed by atoms with van der Waals surface area (Å²) >= 11 is 0. The minimum Gasteiger partial charge on any atom is -0.491 e. The molecule has 0 fully saturated rings. The van der Waals surface area contributed by atoms with Crippen LogP contribution in [0, 0.1) is 6.92 Å². The fraction of sp³-hybridized carbons (Fsp3) is 0.588. The molecule has 1 rings (SSSR count). The lowest BCUT2D eigenvalue weighted by molar-refractivity contribution is 0.152. The Balaban J connectivity index is 0.00000484. The standard InChI is InChI=1S/C17H29N3O2.HI/c1-6-21-10-9-19-17(18-5)20-12-15-8-7-14(4)11-16(15)22-13(2)3;/h7-8,11,13H,6,9-10,12H2,1-5H3,(H2,18,19,20);1H. The summed E-state index contributed by atoms with van der Waals surface area (Å²) in [5.74, 6) is 1.68. The number of benzene rings is 1. The molecule has 0 aliphatic rings. The summed E-state index contributed by atoms with van der Waals surface area (Å²) in [6, 6.07) is 6.26. The van der Waals surface area contributed by atoms with Crippen LogP contribution in [-0.2, 0) is 11.3 Å². The van der Waals surface area contributed by atoms with E-state index in [-0.39, 0.29) is 30.1 Å². The number of aryl methyl sites for hydroxylation is 1. The van der Waals surface area contributed by atoms with Crippen LogP contribution in [0.1, 0.15) is 31.9 Å². The van der Waals surface area contributed by atoms with Gasteiger partial charge in [-0.2, -0.15) is 0 Å². The second-order valence-electron chi connectivity index (χ2n) is 5.33. The number of nitrogens with zero attached hydrogens (tertiary/aromatic N) is 1. The first-order chi connectivity index (χ1) is 10.6. The molecule has 1 aromatic rings. The van der Waals surface area contributed by atoms with Crippen molar-refractivity contribution in [2.24, 2.45) is 4.99 Å². The maximum Gasteiger partial charge on any atom is 0.191 e. The molecule has 0 atom stereocenters. The Bertz CT molecular complexity index is 479. The molecule has 0 saturated heterocycles. The van der Waals surface area contributed by atoms with Crippen molar-refractivity contribution >= 4 is 29.9 Å². The highest BCUT2D eigenvalue weighted by Gasteiger charge is 2.07. The summed E-state index contributed by atoms with van der Waals surface area (Å²) in [5, 5.41) is 6.52. The zero-order chi connectivity index (χ0) is 16.4. The fourth-order valence-corrected chi connectivity index (χ4v) is 1.96. The molecular weight excluding hydrogens is 405 g/mol. The van der Waals surface area contributed by atoms with Crippen LogP contribution in [0.4, 0.5) is 0 Å². The minimum atomic E-state index is 0. The second-order valence-corrected chi connectivity index (χ2v) is 5.33. The summed E-state index contributed by atoms with van der Waals surface area (Å²) in [7, 11) is 1.76. The molecule has 0 aromatic heterocycles. The van der Waals surface area contributed by atoms with Gasteiger partial charge in [-0.05, 0) is 39.3 Å².